The molecule has 0 amide bonds. The first kappa shape index (κ1) is 13.7. The highest BCUT2D eigenvalue weighted by Crippen LogP contribution is 2.27. The van der Waals surface area contributed by atoms with E-state index in [-0.39, 0.29) is 6.04 Å². The molecule has 94 valence electrons. The molecule has 1 nitrogen and oxygen atoms in total. The van der Waals surface area contributed by atoms with Crippen molar-refractivity contribution in [3.63, 3.8) is 0 Å². The smallest absolute Gasteiger partial charge is 0.0500 e. The lowest BCUT2D eigenvalue weighted by atomic mass is 10.1. The van der Waals surface area contributed by atoms with Crippen molar-refractivity contribution in [2.24, 2.45) is 0 Å². The first-order chi connectivity index (χ1) is 8.58. The van der Waals surface area contributed by atoms with E-state index in [1.807, 2.05) is 18.2 Å². The van der Waals surface area contributed by atoms with Crippen LogP contribution in [0, 0.1) is 10.5 Å². The van der Waals surface area contributed by atoms with Crippen molar-refractivity contribution >= 4 is 39.9 Å². The van der Waals surface area contributed by atoms with Crippen LogP contribution in [0.15, 0.2) is 42.5 Å². The Labute approximate surface area is 127 Å². The first-order valence-electron chi connectivity index (χ1n) is 5.85. The molecule has 3 heteroatoms. The topological polar surface area (TPSA) is 12.0 Å². The molecule has 1 unspecified atom stereocenters. The van der Waals surface area contributed by atoms with Crippen LogP contribution in [0.2, 0.25) is 5.02 Å². The summed E-state index contributed by atoms with van der Waals surface area (Å²) < 4.78 is 1.25. The van der Waals surface area contributed by atoms with E-state index in [0.717, 1.165) is 16.3 Å². The van der Waals surface area contributed by atoms with Crippen LogP contribution in [-0.4, -0.2) is 0 Å². The Hall–Kier alpha value is -0.740. The van der Waals surface area contributed by atoms with Crippen molar-refractivity contribution in [2.45, 2.75) is 19.9 Å². The molecule has 0 saturated heterocycles. The van der Waals surface area contributed by atoms with Crippen LogP contribution in [0.3, 0.4) is 0 Å². The Kier molecular flexibility index (Phi) is 4.51. The van der Waals surface area contributed by atoms with Gasteiger partial charge in [-0.3, -0.25) is 0 Å². The third-order valence-corrected chi connectivity index (χ3v) is 3.95. The van der Waals surface area contributed by atoms with E-state index in [1.54, 1.807) is 0 Å². The van der Waals surface area contributed by atoms with Crippen LogP contribution in [0.4, 0.5) is 5.69 Å². The quantitative estimate of drug-likeness (QED) is 0.710. The van der Waals surface area contributed by atoms with Gasteiger partial charge in [-0.15, -0.1) is 0 Å². The van der Waals surface area contributed by atoms with Crippen LogP contribution in [-0.2, 0) is 0 Å². The zero-order chi connectivity index (χ0) is 13.1. The highest BCUT2D eigenvalue weighted by atomic mass is 127. The SMILES string of the molecule is Cc1cc(I)ccc1NC(C)c1ccccc1Cl. The van der Waals surface area contributed by atoms with Gasteiger partial charge in [0.15, 0.2) is 0 Å². The second kappa shape index (κ2) is 5.93. The highest BCUT2D eigenvalue weighted by molar-refractivity contribution is 14.1. The van der Waals surface area contributed by atoms with Crippen molar-refractivity contribution in [3.05, 3.63) is 62.2 Å². The number of halogens is 2. The molecule has 0 saturated carbocycles. The molecular formula is C15H15ClIN. The van der Waals surface area contributed by atoms with Crippen LogP contribution in [0.25, 0.3) is 0 Å². The Morgan fingerprint density at radius 3 is 2.56 bits per heavy atom. The molecule has 0 aliphatic heterocycles. The number of aryl methyl sites for hydroxylation is 1. The average Bonchev–Trinajstić information content (AvgIpc) is 2.33. The average molecular weight is 372 g/mol. The van der Waals surface area contributed by atoms with Gasteiger partial charge < -0.3 is 5.32 Å². The minimum absolute atomic E-state index is 0.192. The van der Waals surface area contributed by atoms with Gasteiger partial charge in [0.25, 0.3) is 0 Å². The fourth-order valence-corrected chi connectivity index (χ4v) is 2.87. The number of nitrogens with one attached hydrogen (secondary N) is 1. The van der Waals surface area contributed by atoms with Gasteiger partial charge in [0, 0.05) is 20.3 Å². The predicted octanol–water partition coefficient (Wildman–Crippen LogP) is 5.43. The van der Waals surface area contributed by atoms with Crippen LogP contribution in [0.5, 0.6) is 0 Å². The molecule has 2 aromatic carbocycles. The fraction of sp³-hybridized carbons (Fsp3) is 0.200. The Balaban J connectivity index is 2.21. The Bertz CT molecular complexity index is 554. The number of rotatable bonds is 3. The summed E-state index contributed by atoms with van der Waals surface area (Å²) in [6, 6.07) is 14.5. The molecule has 0 fully saturated rings. The number of anilines is 1. The predicted molar refractivity (Wildman–Crippen MR) is 87.4 cm³/mol. The van der Waals surface area contributed by atoms with Gasteiger partial charge >= 0.3 is 0 Å². The third kappa shape index (κ3) is 3.18. The van der Waals surface area contributed by atoms with E-state index in [0.29, 0.717) is 0 Å². The lowest BCUT2D eigenvalue weighted by Crippen LogP contribution is -2.08. The molecule has 1 atom stereocenters. The van der Waals surface area contributed by atoms with Crippen LogP contribution < -0.4 is 5.32 Å². The molecule has 0 aliphatic rings. The lowest BCUT2D eigenvalue weighted by molar-refractivity contribution is 0.883. The van der Waals surface area contributed by atoms with Crippen molar-refractivity contribution in [3.8, 4) is 0 Å². The number of hydrogen-bond donors (Lipinski definition) is 1. The van der Waals surface area contributed by atoms with Crippen molar-refractivity contribution in [2.75, 3.05) is 5.32 Å². The molecule has 18 heavy (non-hydrogen) atoms. The van der Waals surface area contributed by atoms with Crippen molar-refractivity contribution in [1.82, 2.24) is 0 Å². The largest absolute Gasteiger partial charge is 0.378 e. The van der Waals surface area contributed by atoms with E-state index in [9.17, 15) is 0 Å². The summed E-state index contributed by atoms with van der Waals surface area (Å²) in [5, 5.41) is 4.31. The summed E-state index contributed by atoms with van der Waals surface area (Å²) >= 11 is 8.53. The van der Waals surface area contributed by atoms with Gasteiger partial charge in [-0.2, -0.15) is 0 Å². The molecular weight excluding hydrogens is 357 g/mol. The van der Waals surface area contributed by atoms with E-state index in [4.69, 9.17) is 11.6 Å². The zero-order valence-corrected chi connectivity index (χ0v) is 13.3. The van der Waals surface area contributed by atoms with E-state index < -0.39 is 0 Å². The summed E-state index contributed by atoms with van der Waals surface area (Å²) in [6.07, 6.45) is 0. The lowest BCUT2D eigenvalue weighted by Gasteiger charge is -2.18. The van der Waals surface area contributed by atoms with E-state index in [2.05, 4.69) is 66.0 Å². The standard InChI is InChI=1S/C15H15ClIN/c1-10-9-12(17)7-8-15(10)18-11(2)13-5-3-4-6-14(13)16/h3-9,11,18H,1-2H3. The van der Waals surface area contributed by atoms with Crippen LogP contribution in [0.1, 0.15) is 24.1 Å². The second-order valence-electron chi connectivity index (χ2n) is 4.35. The van der Waals surface area contributed by atoms with Gasteiger partial charge in [-0.05, 0) is 71.8 Å². The van der Waals surface area contributed by atoms with E-state index in [1.165, 1.54) is 9.13 Å². The zero-order valence-electron chi connectivity index (χ0n) is 10.4. The Morgan fingerprint density at radius 1 is 1.17 bits per heavy atom. The molecule has 0 spiro atoms. The molecule has 2 rings (SSSR count). The van der Waals surface area contributed by atoms with Gasteiger partial charge in [-0.1, -0.05) is 29.8 Å². The Morgan fingerprint density at radius 2 is 1.89 bits per heavy atom. The first-order valence-corrected chi connectivity index (χ1v) is 7.30. The molecule has 0 heterocycles. The van der Waals surface area contributed by atoms with Gasteiger partial charge in [-0.25, -0.2) is 0 Å². The molecule has 0 radical (unpaired) electrons. The van der Waals surface area contributed by atoms with Crippen LogP contribution >= 0.6 is 34.2 Å². The normalized spacial score (nSPS) is 12.2. The van der Waals surface area contributed by atoms with Crippen molar-refractivity contribution < 1.29 is 0 Å². The summed E-state index contributed by atoms with van der Waals surface area (Å²) in [5.74, 6) is 0. The summed E-state index contributed by atoms with van der Waals surface area (Å²) in [5.41, 5.74) is 3.53. The minimum atomic E-state index is 0.192. The van der Waals surface area contributed by atoms with Gasteiger partial charge in [0.2, 0.25) is 0 Å². The van der Waals surface area contributed by atoms with Crippen molar-refractivity contribution in [1.29, 1.82) is 0 Å². The monoisotopic (exact) mass is 371 g/mol. The molecule has 0 aromatic heterocycles. The number of hydrogen-bond acceptors (Lipinski definition) is 1. The molecule has 1 N–H and O–H groups in total. The second-order valence-corrected chi connectivity index (χ2v) is 6.00. The summed E-state index contributed by atoms with van der Waals surface area (Å²) in [6.45, 7) is 4.24. The maximum atomic E-state index is 6.21. The van der Waals surface area contributed by atoms with Gasteiger partial charge in [0.1, 0.15) is 0 Å². The molecule has 0 bridgehead atoms. The summed E-state index contributed by atoms with van der Waals surface area (Å²) in [7, 11) is 0. The third-order valence-electron chi connectivity index (χ3n) is 2.93. The summed E-state index contributed by atoms with van der Waals surface area (Å²) in [4.78, 5) is 0. The highest BCUT2D eigenvalue weighted by Gasteiger charge is 2.09. The molecule has 2 aromatic rings. The fourth-order valence-electron chi connectivity index (χ4n) is 1.93. The maximum absolute atomic E-state index is 6.21. The van der Waals surface area contributed by atoms with Gasteiger partial charge in [0.05, 0.1) is 0 Å². The molecule has 0 aliphatic carbocycles. The minimum Gasteiger partial charge on any atom is -0.378 e. The maximum Gasteiger partial charge on any atom is 0.0500 e. The number of benzene rings is 2. The van der Waals surface area contributed by atoms with E-state index >= 15 is 0 Å².